The Bertz CT molecular complexity index is 3060. The fourth-order valence-electron chi connectivity index (χ4n) is 7.79. The number of fused-ring (bicyclic) bond motifs is 8. The van der Waals surface area contributed by atoms with E-state index in [1.54, 1.807) is 11.3 Å². The van der Waals surface area contributed by atoms with E-state index in [9.17, 15) is 0 Å². The third-order valence-electron chi connectivity index (χ3n) is 10.3. The van der Waals surface area contributed by atoms with E-state index < -0.39 is 0 Å². The summed E-state index contributed by atoms with van der Waals surface area (Å²) in [6.45, 7) is 0. The monoisotopic (exact) mass is 710 g/mol. The van der Waals surface area contributed by atoms with E-state index in [4.69, 9.17) is 13.8 Å². The third-order valence-corrected chi connectivity index (χ3v) is 11.4. The lowest BCUT2D eigenvalue weighted by Crippen LogP contribution is -2.10. The van der Waals surface area contributed by atoms with Gasteiger partial charge in [-0.3, -0.25) is 0 Å². The van der Waals surface area contributed by atoms with Crippen LogP contribution in [0.2, 0.25) is 0 Å². The first-order valence-electron chi connectivity index (χ1n) is 18.0. The number of furan rings is 1. The van der Waals surface area contributed by atoms with E-state index in [1.807, 2.05) is 30.3 Å². The number of oxazole rings is 1. The molecule has 254 valence electrons. The molecule has 0 bridgehead atoms. The molecule has 3 heterocycles. The van der Waals surface area contributed by atoms with Gasteiger partial charge in [-0.25, -0.2) is 4.98 Å². The number of hydrogen-bond donors (Lipinski definition) is 0. The van der Waals surface area contributed by atoms with Gasteiger partial charge >= 0.3 is 0 Å². The molecule has 11 aromatic rings. The van der Waals surface area contributed by atoms with Gasteiger partial charge in [0.15, 0.2) is 5.58 Å². The molecule has 0 atom stereocenters. The predicted octanol–water partition coefficient (Wildman–Crippen LogP) is 14.6. The van der Waals surface area contributed by atoms with Crippen LogP contribution in [0, 0.1) is 0 Å². The molecule has 3 aromatic heterocycles. The minimum atomic E-state index is 0.560. The van der Waals surface area contributed by atoms with E-state index in [1.165, 1.54) is 15.8 Å². The maximum atomic E-state index is 7.00. The summed E-state index contributed by atoms with van der Waals surface area (Å²) < 4.78 is 15.6. The van der Waals surface area contributed by atoms with Gasteiger partial charge in [0.05, 0.1) is 5.69 Å². The van der Waals surface area contributed by atoms with Gasteiger partial charge in [-0.05, 0) is 76.9 Å². The highest BCUT2D eigenvalue weighted by molar-refractivity contribution is 7.26. The molecule has 0 aliphatic rings. The summed E-state index contributed by atoms with van der Waals surface area (Å²) in [5, 5.41) is 4.28. The average molecular weight is 711 g/mol. The van der Waals surface area contributed by atoms with Crippen LogP contribution < -0.4 is 4.90 Å². The Morgan fingerprint density at radius 2 is 1.02 bits per heavy atom. The van der Waals surface area contributed by atoms with Crippen molar-refractivity contribution in [2.24, 2.45) is 0 Å². The molecule has 54 heavy (non-hydrogen) atoms. The zero-order valence-electron chi connectivity index (χ0n) is 28.9. The lowest BCUT2D eigenvalue weighted by atomic mass is 10.0. The summed E-state index contributed by atoms with van der Waals surface area (Å²) in [7, 11) is 0. The van der Waals surface area contributed by atoms with Crippen LogP contribution in [0.3, 0.4) is 0 Å². The number of nitrogens with zero attached hydrogens (tertiary/aromatic N) is 2. The SMILES string of the molecule is c1ccc(-c2ccc(N(c3ccc(-c4ccccc4)cc3)c3cc4sc5ccccc5c4c4oc(-c5cccc6oc7ccccc7c56)nc34)cc2)cc1. The second-order valence-electron chi connectivity index (χ2n) is 13.5. The molecule has 0 saturated carbocycles. The molecule has 0 aliphatic heterocycles. The molecular formula is C49H30N2O2S. The van der Waals surface area contributed by atoms with E-state index in [0.717, 1.165) is 82.3 Å². The lowest BCUT2D eigenvalue weighted by molar-refractivity contribution is 0.623. The summed E-state index contributed by atoms with van der Waals surface area (Å²) in [4.78, 5) is 7.73. The molecule has 0 fully saturated rings. The van der Waals surface area contributed by atoms with Gasteiger partial charge in [0.2, 0.25) is 5.89 Å². The predicted molar refractivity (Wildman–Crippen MR) is 225 cm³/mol. The van der Waals surface area contributed by atoms with E-state index in [2.05, 4.69) is 157 Å². The van der Waals surface area contributed by atoms with Crippen molar-refractivity contribution in [2.75, 3.05) is 4.90 Å². The summed E-state index contributed by atoms with van der Waals surface area (Å²) in [5.74, 6) is 0.560. The third kappa shape index (κ3) is 4.94. The summed E-state index contributed by atoms with van der Waals surface area (Å²) >= 11 is 1.78. The van der Waals surface area contributed by atoms with E-state index >= 15 is 0 Å². The van der Waals surface area contributed by atoms with Crippen molar-refractivity contribution < 1.29 is 8.83 Å². The van der Waals surface area contributed by atoms with Crippen LogP contribution in [0.15, 0.2) is 191 Å². The van der Waals surface area contributed by atoms with Crippen molar-refractivity contribution in [1.82, 2.24) is 4.98 Å². The minimum Gasteiger partial charge on any atom is -0.456 e. The van der Waals surface area contributed by atoms with Crippen molar-refractivity contribution in [1.29, 1.82) is 0 Å². The molecule has 0 radical (unpaired) electrons. The first-order valence-corrected chi connectivity index (χ1v) is 18.8. The molecule has 0 amide bonds. The van der Waals surface area contributed by atoms with Crippen LogP contribution in [0.4, 0.5) is 17.1 Å². The topological polar surface area (TPSA) is 42.4 Å². The zero-order chi connectivity index (χ0) is 35.6. The lowest BCUT2D eigenvalue weighted by Gasteiger charge is -2.26. The Labute approximate surface area is 314 Å². The van der Waals surface area contributed by atoms with E-state index in [-0.39, 0.29) is 0 Å². The fourth-order valence-corrected chi connectivity index (χ4v) is 8.93. The minimum absolute atomic E-state index is 0.560. The zero-order valence-corrected chi connectivity index (χ0v) is 29.8. The van der Waals surface area contributed by atoms with Gasteiger partial charge < -0.3 is 13.7 Å². The largest absolute Gasteiger partial charge is 0.456 e. The van der Waals surface area contributed by atoms with Crippen LogP contribution in [-0.2, 0) is 0 Å². The summed E-state index contributed by atoms with van der Waals surface area (Å²) in [5.41, 5.74) is 11.8. The Morgan fingerprint density at radius 1 is 0.444 bits per heavy atom. The Balaban J connectivity index is 1.18. The number of para-hydroxylation sites is 1. The van der Waals surface area contributed by atoms with Crippen LogP contribution in [0.5, 0.6) is 0 Å². The number of hydrogen-bond acceptors (Lipinski definition) is 5. The van der Waals surface area contributed by atoms with E-state index in [0.29, 0.717) is 5.89 Å². The Kier molecular flexibility index (Phi) is 7.00. The number of rotatable bonds is 6. The van der Waals surface area contributed by atoms with Crippen LogP contribution in [0.1, 0.15) is 0 Å². The van der Waals surface area contributed by atoms with Gasteiger partial charge in [-0.2, -0.15) is 0 Å². The Hall–Kier alpha value is -6.95. The van der Waals surface area contributed by atoms with Crippen LogP contribution >= 0.6 is 11.3 Å². The molecule has 0 saturated heterocycles. The van der Waals surface area contributed by atoms with Crippen molar-refractivity contribution >= 4 is 81.6 Å². The van der Waals surface area contributed by atoms with Gasteiger partial charge in [0.1, 0.15) is 16.7 Å². The summed E-state index contributed by atoms with van der Waals surface area (Å²) in [6.07, 6.45) is 0. The second-order valence-corrected chi connectivity index (χ2v) is 14.6. The van der Waals surface area contributed by atoms with Crippen molar-refractivity contribution in [3.8, 4) is 33.7 Å². The average Bonchev–Trinajstić information content (AvgIpc) is 3.96. The first kappa shape index (κ1) is 30.7. The standard InChI is InChI=1S/C49H30N2O2S/c1-3-12-31(13-4-1)33-22-26-35(27-23-33)51(36-28-24-34(25-29-36)32-14-5-2-6-15-32)40-30-44-46(38-17-8-10-21-43(38)54-44)48-47(40)50-49(53-48)39-18-11-20-42-45(39)37-16-7-9-19-41(37)52-42/h1-30H. The normalized spacial score (nSPS) is 11.7. The number of aromatic nitrogens is 1. The first-order chi connectivity index (χ1) is 26.8. The molecule has 11 rings (SSSR count). The highest BCUT2D eigenvalue weighted by Crippen LogP contribution is 2.48. The quantitative estimate of drug-likeness (QED) is 0.172. The van der Waals surface area contributed by atoms with Crippen LogP contribution in [-0.4, -0.2) is 4.98 Å². The van der Waals surface area contributed by atoms with Gasteiger partial charge in [-0.15, -0.1) is 11.3 Å². The number of anilines is 3. The maximum absolute atomic E-state index is 7.00. The molecule has 5 heteroatoms. The number of thiophene rings is 1. The maximum Gasteiger partial charge on any atom is 0.228 e. The molecule has 0 aliphatic carbocycles. The van der Waals surface area contributed by atoms with Crippen LogP contribution in [0.25, 0.3) is 86.9 Å². The highest BCUT2D eigenvalue weighted by Gasteiger charge is 2.25. The van der Waals surface area contributed by atoms with Crippen molar-refractivity contribution in [3.05, 3.63) is 182 Å². The highest BCUT2D eigenvalue weighted by atomic mass is 32.1. The second kappa shape index (κ2) is 12.3. The summed E-state index contributed by atoms with van der Waals surface area (Å²) in [6, 6.07) is 63.7. The molecule has 0 unspecified atom stereocenters. The van der Waals surface area contributed by atoms with Gasteiger partial charge in [0, 0.05) is 47.9 Å². The molecule has 8 aromatic carbocycles. The van der Waals surface area contributed by atoms with Gasteiger partial charge in [-0.1, -0.05) is 127 Å². The molecule has 0 spiro atoms. The molecular weight excluding hydrogens is 681 g/mol. The molecule has 4 nitrogen and oxygen atoms in total. The Morgan fingerprint density at radius 3 is 1.70 bits per heavy atom. The smallest absolute Gasteiger partial charge is 0.228 e. The number of benzene rings is 8. The molecule has 0 N–H and O–H groups in total. The fraction of sp³-hybridized carbons (Fsp3) is 0. The van der Waals surface area contributed by atoms with Crippen molar-refractivity contribution in [2.45, 2.75) is 0 Å². The van der Waals surface area contributed by atoms with Crippen molar-refractivity contribution in [3.63, 3.8) is 0 Å². The van der Waals surface area contributed by atoms with Gasteiger partial charge in [0.25, 0.3) is 0 Å².